The van der Waals surface area contributed by atoms with Crippen molar-refractivity contribution in [2.75, 3.05) is 0 Å². The fourth-order valence-corrected chi connectivity index (χ4v) is 0.458. The summed E-state index contributed by atoms with van der Waals surface area (Å²) in [5.41, 5.74) is 0. The maximum absolute atomic E-state index is 3.67. The van der Waals surface area contributed by atoms with Gasteiger partial charge in [0.15, 0.2) is 0 Å². The maximum atomic E-state index is 3.67. The molecule has 12 heavy (non-hydrogen) atoms. The summed E-state index contributed by atoms with van der Waals surface area (Å²) in [6.45, 7) is 0. The minimum absolute atomic E-state index is 1.44. The van der Waals surface area contributed by atoms with Crippen molar-refractivity contribution in [3.05, 3.63) is 43.8 Å². The smallest absolute Gasteiger partial charge is 0.119 e. The van der Waals surface area contributed by atoms with Crippen LogP contribution in [0.15, 0.2) is 43.8 Å². The van der Waals surface area contributed by atoms with Crippen LogP contribution in [-0.2, 0) is 0 Å². The molecule has 5 nitrogen and oxygen atoms in total. The monoisotopic (exact) mass is 161 g/mol. The molecule has 0 aliphatic rings. The van der Waals surface area contributed by atoms with Gasteiger partial charge in [-0.25, -0.2) is 24.9 Å². The highest BCUT2D eigenvalue weighted by molar-refractivity contribution is 4.74. The second-order valence-corrected chi connectivity index (χ2v) is 1.70. The summed E-state index contributed by atoms with van der Waals surface area (Å²) in [6, 6.07) is 1.78. The van der Waals surface area contributed by atoms with Crippen molar-refractivity contribution in [2.24, 2.45) is 0 Å². The molecule has 0 aliphatic carbocycles. The fourth-order valence-electron chi connectivity index (χ4n) is 0.458. The van der Waals surface area contributed by atoms with Crippen LogP contribution in [0.3, 0.4) is 0 Å². The Hall–Kier alpha value is -1.91. The van der Waals surface area contributed by atoms with Gasteiger partial charge in [0.05, 0.1) is 0 Å². The third-order valence-corrected chi connectivity index (χ3v) is 0.878. The first kappa shape index (κ1) is 8.19. The van der Waals surface area contributed by atoms with Crippen LogP contribution in [0, 0.1) is 0 Å². The van der Waals surface area contributed by atoms with E-state index in [0.29, 0.717) is 0 Å². The lowest BCUT2D eigenvalue weighted by atomic mass is 10.7. The Morgan fingerprint density at radius 2 is 0.917 bits per heavy atom. The van der Waals surface area contributed by atoms with Crippen LogP contribution in [0.4, 0.5) is 0 Å². The second kappa shape index (κ2) is 5.84. The standard InChI is InChI=1S/C4H4N2.C3H3N3/c1-2-5-4-6-3-1;1-4-2-6-3-5-1/h1-4H;1-3H. The average Bonchev–Trinajstić information content (AvgIpc) is 2.24. The molecule has 0 saturated heterocycles. The summed E-state index contributed by atoms with van der Waals surface area (Å²) in [6.07, 6.45) is 9.19. The zero-order chi connectivity index (χ0) is 8.49. The van der Waals surface area contributed by atoms with Gasteiger partial charge < -0.3 is 0 Å². The molecular weight excluding hydrogens is 154 g/mol. The molecule has 2 aromatic rings. The highest BCUT2D eigenvalue weighted by atomic mass is 14.9. The third-order valence-electron chi connectivity index (χ3n) is 0.878. The number of aromatic nitrogens is 5. The zero-order valence-electron chi connectivity index (χ0n) is 6.28. The molecule has 2 heterocycles. The van der Waals surface area contributed by atoms with Gasteiger partial charge in [0.25, 0.3) is 0 Å². The van der Waals surface area contributed by atoms with Gasteiger partial charge in [-0.15, -0.1) is 0 Å². The second-order valence-electron chi connectivity index (χ2n) is 1.70. The molecule has 0 atom stereocenters. The summed E-state index contributed by atoms with van der Waals surface area (Å²) in [7, 11) is 0. The van der Waals surface area contributed by atoms with E-state index >= 15 is 0 Å². The number of rotatable bonds is 0. The van der Waals surface area contributed by atoms with Crippen molar-refractivity contribution >= 4 is 0 Å². The van der Waals surface area contributed by atoms with E-state index in [4.69, 9.17) is 0 Å². The fraction of sp³-hybridized carbons (Fsp3) is 0. The Kier molecular flexibility index (Phi) is 3.99. The minimum Gasteiger partial charge on any atom is -0.245 e. The van der Waals surface area contributed by atoms with Gasteiger partial charge in [-0.3, -0.25) is 0 Å². The highest BCUT2D eigenvalue weighted by Gasteiger charge is 1.60. The Balaban J connectivity index is 0.000000120. The van der Waals surface area contributed by atoms with Crippen LogP contribution in [0.5, 0.6) is 0 Å². The largest absolute Gasteiger partial charge is 0.245 e. The first-order chi connectivity index (χ1) is 6.00. The molecular formula is C7H7N5. The quantitative estimate of drug-likeness (QED) is 0.557. The predicted molar refractivity (Wildman–Crippen MR) is 41.9 cm³/mol. The van der Waals surface area contributed by atoms with E-state index in [1.54, 1.807) is 18.5 Å². The van der Waals surface area contributed by atoms with Crippen molar-refractivity contribution < 1.29 is 0 Å². The lowest BCUT2D eigenvalue weighted by Gasteiger charge is -1.70. The van der Waals surface area contributed by atoms with Gasteiger partial charge in [-0.1, -0.05) is 0 Å². The van der Waals surface area contributed by atoms with Gasteiger partial charge in [0.1, 0.15) is 25.3 Å². The van der Waals surface area contributed by atoms with Gasteiger partial charge in [-0.05, 0) is 6.07 Å². The Morgan fingerprint density at radius 3 is 1.08 bits per heavy atom. The maximum Gasteiger partial charge on any atom is 0.119 e. The van der Waals surface area contributed by atoms with Crippen LogP contribution < -0.4 is 0 Å². The molecule has 0 aromatic carbocycles. The predicted octanol–water partition coefficient (Wildman–Crippen LogP) is 0.348. The minimum atomic E-state index is 1.44. The molecule has 2 aromatic heterocycles. The van der Waals surface area contributed by atoms with Crippen molar-refractivity contribution in [1.82, 2.24) is 24.9 Å². The van der Waals surface area contributed by atoms with Crippen molar-refractivity contribution in [1.29, 1.82) is 0 Å². The number of hydrogen-bond donors (Lipinski definition) is 0. The molecule has 5 heteroatoms. The van der Waals surface area contributed by atoms with Gasteiger partial charge in [0, 0.05) is 12.4 Å². The van der Waals surface area contributed by atoms with Crippen molar-refractivity contribution in [3.63, 3.8) is 0 Å². The van der Waals surface area contributed by atoms with Gasteiger partial charge in [0.2, 0.25) is 0 Å². The van der Waals surface area contributed by atoms with Crippen molar-refractivity contribution in [3.8, 4) is 0 Å². The van der Waals surface area contributed by atoms with E-state index in [1.165, 1.54) is 25.3 Å². The molecule has 0 bridgehead atoms. The van der Waals surface area contributed by atoms with Gasteiger partial charge >= 0.3 is 0 Å². The summed E-state index contributed by atoms with van der Waals surface area (Å²) in [4.78, 5) is 18.0. The first-order valence-electron chi connectivity index (χ1n) is 3.25. The summed E-state index contributed by atoms with van der Waals surface area (Å²) in [5, 5.41) is 0. The summed E-state index contributed by atoms with van der Waals surface area (Å²) in [5.74, 6) is 0. The number of nitrogens with zero attached hydrogens (tertiary/aromatic N) is 5. The first-order valence-corrected chi connectivity index (χ1v) is 3.25. The molecule has 0 aliphatic heterocycles. The van der Waals surface area contributed by atoms with E-state index in [1.807, 2.05) is 0 Å². The molecule has 0 saturated carbocycles. The molecule has 0 spiro atoms. The molecule has 0 unspecified atom stereocenters. The topological polar surface area (TPSA) is 64.5 Å². The molecule has 0 radical (unpaired) electrons. The van der Waals surface area contributed by atoms with Crippen LogP contribution in [0.2, 0.25) is 0 Å². The summed E-state index contributed by atoms with van der Waals surface area (Å²) >= 11 is 0. The lowest BCUT2D eigenvalue weighted by molar-refractivity contribution is 1.05. The Bertz CT molecular complexity index is 187. The van der Waals surface area contributed by atoms with E-state index in [2.05, 4.69) is 24.9 Å². The van der Waals surface area contributed by atoms with Crippen LogP contribution in [-0.4, -0.2) is 24.9 Å². The Morgan fingerprint density at radius 1 is 0.500 bits per heavy atom. The molecule has 0 amide bonds. The molecule has 2 rings (SSSR count). The van der Waals surface area contributed by atoms with Gasteiger partial charge in [-0.2, -0.15) is 0 Å². The molecule has 0 fully saturated rings. The zero-order valence-corrected chi connectivity index (χ0v) is 6.28. The average molecular weight is 161 g/mol. The SMILES string of the molecule is c1cncnc1.c1ncncn1. The third kappa shape index (κ3) is 3.99. The van der Waals surface area contributed by atoms with E-state index in [-0.39, 0.29) is 0 Å². The molecule has 60 valence electrons. The van der Waals surface area contributed by atoms with Crippen LogP contribution in [0.1, 0.15) is 0 Å². The van der Waals surface area contributed by atoms with Crippen molar-refractivity contribution in [2.45, 2.75) is 0 Å². The normalized spacial score (nSPS) is 8.00. The van der Waals surface area contributed by atoms with E-state index < -0.39 is 0 Å². The molecule has 0 N–H and O–H groups in total. The van der Waals surface area contributed by atoms with E-state index in [0.717, 1.165) is 0 Å². The lowest BCUT2D eigenvalue weighted by Crippen LogP contribution is -1.73. The number of hydrogen-bond acceptors (Lipinski definition) is 5. The van der Waals surface area contributed by atoms with Crippen LogP contribution >= 0.6 is 0 Å². The Labute approximate surface area is 69.6 Å². The highest BCUT2D eigenvalue weighted by Crippen LogP contribution is 1.66. The van der Waals surface area contributed by atoms with Crippen LogP contribution in [0.25, 0.3) is 0 Å². The van der Waals surface area contributed by atoms with E-state index in [9.17, 15) is 0 Å². The summed E-state index contributed by atoms with van der Waals surface area (Å²) < 4.78 is 0.